The summed E-state index contributed by atoms with van der Waals surface area (Å²) in [5.74, 6) is -0.897. The molecule has 0 saturated heterocycles. The minimum atomic E-state index is -0.782. The molecule has 0 aliphatic rings. The fraction of sp³-hybridized carbons (Fsp3) is 0.817. The number of ether oxygens (including phenoxy) is 3. The van der Waals surface area contributed by atoms with E-state index in [-0.39, 0.29) is 31.1 Å². The van der Waals surface area contributed by atoms with E-state index >= 15 is 0 Å². The van der Waals surface area contributed by atoms with Crippen molar-refractivity contribution in [3.8, 4) is 0 Å². The van der Waals surface area contributed by atoms with Crippen molar-refractivity contribution in [1.29, 1.82) is 0 Å². The van der Waals surface area contributed by atoms with Crippen LogP contribution in [0.2, 0.25) is 0 Å². The van der Waals surface area contributed by atoms with Crippen molar-refractivity contribution in [3.63, 3.8) is 0 Å². The molecule has 0 N–H and O–H groups in total. The molecule has 0 amide bonds. The van der Waals surface area contributed by atoms with Gasteiger partial charge in [0.1, 0.15) is 13.2 Å². The fourth-order valence-electron chi connectivity index (χ4n) is 8.25. The van der Waals surface area contributed by atoms with Crippen molar-refractivity contribution < 1.29 is 28.6 Å². The molecule has 0 fully saturated rings. The summed E-state index contributed by atoms with van der Waals surface area (Å²) in [6, 6.07) is 0. The number of allylic oxidation sites excluding steroid dienone is 8. The van der Waals surface area contributed by atoms with E-state index in [4.69, 9.17) is 14.2 Å². The largest absolute Gasteiger partial charge is 0.462 e. The van der Waals surface area contributed by atoms with Crippen molar-refractivity contribution >= 4 is 17.9 Å². The van der Waals surface area contributed by atoms with Gasteiger partial charge in [-0.15, -0.1) is 0 Å². The van der Waals surface area contributed by atoms with Gasteiger partial charge in [0.05, 0.1) is 0 Å². The summed E-state index contributed by atoms with van der Waals surface area (Å²) >= 11 is 0. The summed E-state index contributed by atoms with van der Waals surface area (Å²) in [5, 5.41) is 0. The third kappa shape index (κ3) is 52.3. The normalized spacial score (nSPS) is 12.3. The Hall–Kier alpha value is -2.63. The number of unbranched alkanes of at least 4 members (excludes halogenated alkanes) is 33. The van der Waals surface area contributed by atoms with E-state index in [1.165, 1.54) is 173 Å². The molecule has 0 heterocycles. The molecule has 0 aromatic heterocycles. The summed E-state index contributed by atoms with van der Waals surface area (Å²) in [6.45, 7) is 6.61. The first kappa shape index (κ1) is 63.4. The zero-order chi connectivity index (χ0) is 47.9. The third-order valence-corrected chi connectivity index (χ3v) is 12.6. The number of esters is 3. The molecular formula is C60H108O6. The van der Waals surface area contributed by atoms with Gasteiger partial charge in [-0.1, -0.05) is 262 Å². The second-order valence-electron chi connectivity index (χ2n) is 19.2. The van der Waals surface area contributed by atoms with Gasteiger partial charge < -0.3 is 14.2 Å². The quantitative estimate of drug-likeness (QED) is 0.0262. The smallest absolute Gasteiger partial charge is 0.306 e. The molecule has 0 saturated carbocycles. The molecule has 0 radical (unpaired) electrons. The third-order valence-electron chi connectivity index (χ3n) is 12.6. The monoisotopic (exact) mass is 925 g/mol. The second-order valence-corrected chi connectivity index (χ2v) is 19.2. The van der Waals surface area contributed by atoms with E-state index in [9.17, 15) is 14.4 Å². The lowest BCUT2D eigenvalue weighted by Gasteiger charge is -2.18. The Labute approximate surface area is 409 Å². The number of carbonyl (C=O) groups excluding carboxylic acids is 3. The standard InChI is InChI=1S/C60H108O6/c1-4-7-10-13-16-19-22-24-26-28-30-32-33-35-38-41-44-47-50-53-59(62)65-56-57(55-64-58(61)52-49-46-43-40-37-21-18-15-12-9-6-3)66-60(63)54-51-48-45-42-39-36-34-31-29-27-25-23-20-17-14-11-8-5-2/h16,19,24,26,30,32,35,38,57H,4-15,17-18,20-23,25,27-29,31,33-34,36-37,39-56H2,1-3H3/b19-16-,26-24-,32-30-,38-35-/t57-/m1/s1. The SMILES string of the molecule is CCCCC/C=C\C/C=C\C/C=C\C/C=C\CCCCCC(=O)OC[C@@H](COC(=O)CCCCCCCCCCCCC)OC(=O)CCCCCCCCCCCCCCCCCCCC. The lowest BCUT2D eigenvalue weighted by molar-refractivity contribution is -0.167. The Bertz CT molecular complexity index is 1150. The maximum Gasteiger partial charge on any atom is 0.306 e. The first-order chi connectivity index (χ1) is 32.5. The molecule has 66 heavy (non-hydrogen) atoms. The van der Waals surface area contributed by atoms with Crippen molar-refractivity contribution in [3.05, 3.63) is 48.6 Å². The summed E-state index contributed by atoms with van der Waals surface area (Å²) in [4.78, 5) is 38.1. The van der Waals surface area contributed by atoms with Crippen LogP contribution in [0.25, 0.3) is 0 Å². The van der Waals surface area contributed by atoms with Crippen LogP contribution in [0.5, 0.6) is 0 Å². The van der Waals surface area contributed by atoms with E-state index in [2.05, 4.69) is 69.4 Å². The van der Waals surface area contributed by atoms with Gasteiger partial charge in [0.25, 0.3) is 0 Å². The van der Waals surface area contributed by atoms with Gasteiger partial charge in [0.15, 0.2) is 6.10 Å². The molecule has 0 unspecified atom stereocenters. The fourth-order valence-corrected chi connectivity index (χ4v) is 8.25. The molecule has 0 spiro atoms. The number of hydrogen-bond donors (Lipinski definition) is 0. The maximum atomic E-state index is 12.8. The van der Waals surface area contributed by atoms with Gasteiger partial charge in [-0.25, -0.2) is 0 Å². The van der Waals surface area contributed by atoms with E-state index in [1.807, 2.05) is 0 Å². The van der Waals surface area contributed by atoms with E-state index in [0.29, 0.717) is 19.3 Å². The minimum absolute atomic E-state index is 0.0793. The average molecular weight is 926 g/mol. The molecule has 1 atom stereocenters. The van der Waals surface area contributed by atoms with E-state index in [0.717, 1.165) is 83.5 Å². The lowest BCUT2D eigenvalue weighted by atomic mass is 10.0. The first-order valence-electron chi connectivity index (χ1n) is 28.6. The molecule has 384 valence electrons. The van der Waals surface area contributed by atoms with Gasteiger partial charge in [-0.05, 0) is 64.2 Å². The lowest BCUT2D eigenvalue weighted by Crippen LogP contribution is -2.30. The number of rotatable bonds is 52. The van der Waals surface area contributed by atoms with Crippen molar-refractivity contribution in [2.45, 2.75) is 303 Å². The number of carbonyl (C=O) groups is 3. The average Bonchev–Trinajstić information content (AvgIpc) is 3.31. The molecule has 0 rings (SSSR count). The highest BCUT2D eigenvalue weighted by Gasteiger charge is 2.19. The molecule has 0 bridgehead atoms. The van der Waals surface area contributed by atoms with Crippen LogP contribution < -0.4 is 0 Å². The Morgan fingerprint density at radius 3 is 0.879 bits per heavy atom. The molecule has 0 aliphatic carbocycles. The molecule has 0 aromatic carbocycles. The highest BCUT2D eigenvalue weighted by atomic mass is 16.6. The Balaban J connectivity index is 4.36. The molecule has 0 aliphatic heterocycles. The van der Waals surface area contributed by atoms with Crippen molar-refractivity contribution in [2.24, 2.45) is 0 Å². The summed E-state index contributed by atoms with van der Waals surface area (Å²) in [7, 11) is 0. The zero-order valence-electron chi connectivity index (χ0n) is 44.0. The highest BCUT2D eigenvalue weighted by molar-refractivity contribution is 5.71. The van der Waals surface area contributed by atoms with Crippen LogP contribution in [-0.2, 0) is 28.6 Å². The number of hydrogen-bond acceptors (Lipinski definition) is 6. The van der Waals surface area contributed by atoms with E-state index < -0.39 is 6.10 Å². The molecule has 0 aromatic rings. The predicted molar refractivity (Wildman–Crippen MR) is 284 cm³/mol. The van der Waals surface area contributed by atoms with Crippen LogP contribution in [0.1, 0.15) is 297 Å². The van der Waals surface area contributed by atoms with Crippen LogP contribution >= 0.6 is 0 Å². The van der Waals surface area contributed by atoms with Crippen molar-refractivity contribution in [2.75, 3.05) is 13.2 Å². The van der Waals surface area contributed by atoms with Gasteiger partial charge in [0, 0.05) is 19.3 Å². The molecule has 6 heteroatoms. The predicted octanol–water partition coefficient (Wildman–Crippen LogP) is 19.0. The topological polar surface area (TPSA) is 78.9 Å². The Morgan fingerprint density at radius 2 is 0.545 bits per heavy atom. The summed E-state index contributed by atoms with van der Waals surface area (Å²) in [5.41, 5.74) is 0. The zero-order valence-corrected chi connectivity index (χ0v) is 44.0. The Kier molecular flexibility index (Phi) is 52.8. The molecular weight excluding hydrogens is 817 g/mol. The van der Waals surface area contributed by atoms with Crippen LogP contribution in [0.4, 0.5) is 0 Å². The summed E-state index contributed by atoms with van der Waals surface area (Å²) < 4.78 is 16.8. The van der Waals surface area contributed by atoms with Crippen LogP contribution in [-0.4, -0.2) is 37.2 Å². The highest BCUT2D eigenvalue weighted by Crippen LogP contribution is 2.16. The summed E-state index contributed by atoms with van der Waals surface area (Å²) in [6.07, 6.45) is 66.7. The minimum Gasteiger partial charge on any atom is -0.462 e. The van der Waals surface area contributed by atoms with Crippen LogP contribution in [0.3, 0.4) is 0 Å². The van der Waals surface area contributed by atoms with Crippen LogP contribution in [0, 0.1) is 0 Å². The van der Waals surface area contributed by atoms with Gasteiger partial charge in [-0.2, -0.15) is 0 Å². The Morgan fingerprint density at radius 1 is 0.303 bits per heavy atom. The van der Waals surface area contributed by atoms with Crippen LogP contribution in [0.15, 0.2) is 48.6 Å². The van der Waals surface area contributed by atoms with Gasteiger partial charge in [0.2, 0.25) is 0 Å². The van der Waals surface area contributed by atoms with Crippen molar-refractivity contribution in [1.82, 2.24) is 0 Å². The molecule has 6 nitrogen and oxygen atoms in total. The first-order valence-corrected chi connectivity index (χ1v) is 28.6. The van der Waals surface area contributed by atoms with Gasteiger partial charge >= 0.3 is 17.9 Å². The maximum absolute atomic E-state index is 12.8. The second kappa shape index (κ2) is 55.0. The van der Waals surface area contributed by atoms with Gasteiger partial charge in [-0.3, -0.25) is 14.4 Å². The van der Waals surface area contributed by atoms with E-state index in [1.54, 1.807) is 0 Å².